The second kappa shape index (κ2) is 15.8. The van der Waals surface area contributed by atoms with Gasteiger partial charge in [0.05, 0.1) is 6.42 Å². The van der Waals surface area contributed by atoms with Crippen molar-refractivity contribution in [3.8, 4) is 11.1 Å². The van der Waals surface area contributed by atoms with Crippen LogP contribution in [-0.2, 0) is 48.7 Å². The number of hydrogen-bond acceptors (Lipinski definition) is 5. The third kappa shape index (κ3) is 8.82. The number of amides is 2. The Bertz CT molecular complexity index is 1280. The number of hydrogen-bond donors (Lipinski definition) is 1. The van der Waals surface area contributed by atoms with E-state index >= 15 is 0 Å². The van der Waals surface area contributed by atoms with Gasteiger partial charge in [0.25, 0.3) is 5.91 Å². The van der Waals surface area contributed by atoms with E-state index in [0.29, 0.717) is 17.7 Å². The monoisotopic (exact) mass is 615 g/mol. The zero-order valence-corrected chi connectivity index (χ0v) is 25.9. The fourth-order valence-corrected chi connectivity index (χ4v) is 4.83. The molecule has 1 fully saturated rings. The molecule has 0 aromatic heterocycles. The van der Waals surface area contributed by atoms with Gasteiger partial charge in [0.15, 0.2) is 0 Å². The summed E-state index contributed by atoms with van der Waals surface area (Å²) in [4.78, 5) is 41.7. The summed E-state index contributed by atoms with van der Waals surface area (Å²) in [7, 11) is 1.77. The molecule has 1 saturated heterocycles. The van der Waals surface area contributed by atoms with Crippen molar-refractivity contribution in [1.82, 2.24) is 15.1 Å². The Kier molecular flexibility index (Phi) is 12.5. The van der Waals surface area contributed by atoms with Crippen molar-refractivity contribution in [3.05, 3.63) is 102 Å². The largest absolute Gasteiger partial charge is 0.462 e. The molecule has 3 aromatic rings. The summed E-state index contributed by atoms with van der Waals surface area (Å²) < 4.78 is 5.84. The Balaban J connectivity index is 0.00000441. The van der Waals surface area contributed by atoms with Crippen LogP contribution in [0.3, 0.4) is 0 Å². The first kappa shape index (κ1) is 31.7. The van der Waals surface area contributed by atoms with Crippen LogP contribution in [0.2, 0.25) is 0 Å². The van der Waals surface area contributed by atoms with E-state index in [1.165, 1.54) is 0 Å². The number of nitrogens with one attached hydrogen (secondary N) is 1. The van der Waals surface area contributed by atoms with E-state index in [1.807, 2.05) is 54.6 Å². The normalized spacial score (nSPS) is 13.7. The van der Waals surface area contributed by atoms with Crippen molar-refractivity contribution in [2.45, 2.75) is 25.4 Å². The minimum atomic E-state index is -0.244. The molecule has 1 heterocycles. The maximum absolute atomic E-state index is 12.9. The van der Waals surface area contributed by atoms with Crippen molar-refractivity contribution >= 4 is 17.8 Å². The number of esters is 1. The molecule has 0 bridgehead atoms. The topological polar surface area (TPSA) is 79.0 Å². The third-order valence-electron chi connectivity index (χ3n) is 7.03. The van der Waals surface area contributed by atoms with E-state index in [2.05, 4.69) is 17.1 Å². The van der Waals surface area contributed by atoms with Crippen LogP contribution in [0.15, 0.2) is 78.9 Å². The van der Waals surface area contributed by atoms with Crippen molar-refractivity contribution in [2.75, 3.05) is 39.8 Å². The number of likely N-dealkylation sites (N-methyl/N-ethyl adjacent to an activating group) is 1. The predicted octanol–water partition coefficient (Wildman–Crippen LogP) is 4.24. The molecule has 8 heteroatoms. The fraction of sp³-hybridized carbons (Fsp3) is 0.312. The van der Waals surface area contributed by atoms with Crippen LogP contribution in [0.4, 0.5) is 0 Å². The molecule has 1 N–H and O–H groups in total. The SMILES string of the molecule is [CH2-]CNC(=O)c1cccc(C(=O)N(C)CCN2CCC(OC(=O)Cc3ccccc3-c3ccccc3)CC2)c1.[Y]. The quantitative estimate of drug-likeness (QED) is 0.273. The zero-order valence-electron chi connectivity index (χ0n) is 23.1. The second-order valence-electron chi connectivity index (χ2n) is 9.79. The molecule has 2 amide bonds. The van der Waals surface area contributed by atoms with Gasteiger partial charge in [0.1, 0.15) is 6.10 Å². The molecule has 4 rings (SSSR count). The summed E-state index contributed by atoms with van der Waals surface area (Å²) in [5.74, 6) is -0.571. The molecule has 0 saturated carbocycles. The molecule has 0 atom stereocenters. The van der Waals surface area contributed by atoms with Crippen LogP contribution in [-0.4, -0.2) is 73.5 Å². The number of rotatable bonds is 10. The summed E-state index contributed by atoms with van der Waals surface area (Å²) in [5, 5.41) is 2.65. The maximum Gasteiger partial charge on any atom is 0.310 e. The molecule has 207 valence electrons. The molecule has 3 aromatic carbocycles. The van der Waals surface area contributed by atoms with Gasteiger partial charge in [-0.05, 0) is 47.7 Å². The van der Waals surface area contributed by atoms with Gasteiger partial charge in [0.2, 0.25) is 5.91 Å². The van der Waals surface area contributed by atoms with Gasteiger partial charge >= 0.3 is 5.97 Å². The third-order valence-corrected chi connectivity index (χ3v) is 7.03. The molecule has 0 unspecified atom stereocenters. The van der Waals surface area contributed by atoms with Crippen LogP contribution >= 0.6 is 0 Å². The Morgan fingerprint density at radius 3 is 2.35 bits per heavy atom. The van der Waals surface area contributed by atoms with E-state index in [9.17, 15) is 14.4 Å². The number of carbonyl (C=O) groups excluding carboxylic acids is 3. The minimum Gasteiger partial charge on any atom is -0.462 e. The fourth-order valence-electron chi connectivity index (χ4n) is 4.83. The maximum atomic E-state index is 12.9. The molecule has 1 aliphatic heterocycles. The van der Waals surface area contributed by atoms with E-state index < -0.39 is 0 Å². The van der Waals surface area contributed by atoms with Crippen LogP contribution in [0, 0.1) is 6.92 Å². The van der Waals surface area contributed by atoms with Crippen molar-refractivity contribution < 1.29 is 51.8 Å². The molecular weight excluding hydrogens is 579 g/mol. The number of carbonyl (C=O) groups is 3. The Morgan fingerprint density at radius 2 is 1.62 bits per heavy atom. The van der Waals surface area contributed by atoms with Crippen molar-refractivity contribution in [2.24, 2.45) is 0 Å². The summed E-state index contributed by atoms with van der Waals surface area (Å²) in [5.41, 5.74) is 4.03. The molecule has 40 heavy (non-hydrogen) atoms. The van der Waals surface area contributed by atoms with Gasteiger partial charge in [-0.1, -0.05) is 60.7 Å². The first-order chi connectivity index (χ1) is 18.9. The number of benzene rings is 3. The van der Waals surface area contributed by atoms with Crippen LogP contribution < -0.4 is 5.32 Å². The predicted molar refractivity (Wildman–Crippen MR) is 152 cm³/mol. The summed E-state index contributed by atoms with van der Waals surface area (Å²) in [6.07, 6.45) is 1.70. The Hall–Kier alpha value is -2.87. The molecule has 1 radical (unpaired) electrons. The summed E-state index contributed by atoms with van der Waals surface area (Å²) in [6, 6.07) is 24.8. The van der Waals surface area contributed by atoms with Crippen LogP contribution in [0.25, 0.3) is 11.1 Å². The van der Waals surface area contributed by atoms with E-state index in [0.717, 1.165) is 49.2 Å². The first-order valence-electron chi connectivity index (χ1n) is 13.4. The van der Waals surface area contributed by atoms with E-state index in [-0.39, 0.29) is 69.6 Å². The standard InChI is InChI=1S/C32H36N3O4.Y/c1-3-33-31(37)26-13-9-14-27(22-26)32(38)34(2)20-21-35-18-16-28(17-19-35)39-30(36)23-25-12-7-8-15-29(25)24-10-5-4-6-11-24;/h4-15,22,28H,1,3,16-21,23H2,2H3,(H,33,37);/q-1;. The first-order valence-corrected chi connectivity index (χ1v) is 13.4. The second-order valence-corrected chi connectivity index (χ2v) is 9.79. The van der Waals surface area contributed by atoms with Gasteiger partial charge in [0, 0.05) is 77.1 Å². The zero-order chi connectivity index (χ0) is 27.6. The molecule has 1 aliphatic rings. The van der Waals surface area contributed by atoms with Gasteiger partial charge in [-0.2, -0.15) is 0 Å². The number of likely N-dealkylation sites (tertiary alicyclic amines) is 1. The van der Waals surface area contributed by atoms with Gasteiger partial charge < -0.3 is 26.8 Å². The van der Waals surface area contributed by atoms with Crippen LogP contribution in [0.5, 0.6) is 0 Å². The Labute approximate surface area is 262 Å². The van der Waals surface area contributed by atoms with Crippen LogP contribution in [0.1, 0.15) is 39.1 Å². The molecule has 0 aliphatic carbocycles. The molecular formula is C32H36N3O4Y-. The average molecular weight is 616 g/mol. The van der Waals surface area contributed by atoms with E-state index in [1.54, 1.807) is 36.2 Å². The van der Waals surface area contributed by atoms with E-state index in [4.69, 9.17) is 4.74 Å². The number of ether oxygens (including phenoxy) is 1. The number of piperidine rings is 1. The van der Waals surface area contributed by atoms with Gasteiger partial charge in [-0.15, -0.1) is 6.54 Å². The van der Waals surface area contributed by atoms with Crippen molar-refractivity contribution in [3.63, 3.8) is 0 Å². The minimum absolute atomic E-state index is 0. The Morgan fingerprint density at radius 1 is 0.950 bits per heavy atom. The number of nitrogens with zero attached hydrogens (tertiary/aromatic N) is 2. The smallest absolute Gasteiger partial charge is 0.310 e. The van der Waals surface area contributed by atoms with Crippen molar-refractivity contribution in [1.29, 1.82) is 0 Å². The summed E-state index contributed by atoms with van der Waals surface area (Å²) in [6.45, 7) is 6.81. The van der Waals surface area contributed by atoms with Gasteiger partial charge in [-0.25, -0.2) is 0 Å². The van der Waals surface area contributed by atoms with Gasteiger partial charge in [-0.3, -0.25) is 14.4 Å². The average Bonchev–Trinajstić information content (AvgIpc) is 2.97. The molecule has 0 spiro atoms. The summed E-state index contributed by atoms with van der Waals surface area (Å²) >= 11 is 0. The molecule has 7 nitrogen and oxygen atoms in total.